The van der Waals surface area contributed by atoms with E-state index in [1.54, 1.807) is 12.1 Å². The first-order valence-corrected chi connectivity index (χ1v) is 22.0. The van der Waals surface area contributed by atoms with E-state index in [9.17, 15) is 48.3 Å². The van der Waals surface area contributed by atoms with Gasteiger partial charge in [-0.1, -0.05) is 11.6 Å². The number of carbonyl (C=O) groups is 1. The van der Waals surface area contributed by atoms with Gasteiger partial charge in [-0.25, -0.2) is 48.5 Å². The Kier molecular flexibility index (Phi) is 12.6. The van der Waals surface area contributed by atoms with E-state index in [4.69, 9.17) is 21.3 Å². The largest absolute Gasteiger partial charge is 0.372 e. The molecule has 2 N–H and O–H groups in total. The second kappa shape index (κ2) is 17.9. The molecule has 0 spiro atoms. The number of halogens is 9. The zero-order valence-electron chi connectivity index (χ0n) is 34.2. The minimum absolute atomic E-state index is 0.0213. The fourth-order valence-corrected chi connectivity index (χ4v) is 9.60. The number of nitrogens with one attached hydrogen (secondary N) is 2. The Morgan fingerprint density at radius 3 is 2.23 bits per heavy atom. The summed E-state index contributed by atoms with van der Waals surface area (Å²) < 4.78 is 150. The molecule has 14 nitrogen and oxygen atoms in total. The van der Waals surface area contributed by atoms with E-state index in [1.807, 2.05) is 18.7 Å². The second-order valence-electron chi connectivity index (χ2n) is 15.9. The standard InChI is InChI=1S/C41H38ClF8N9O5S/c1-19-15-56(16-20(2)64-19)24-3-6-26-28(13-24)52-40(30(11-21-9-22(43)12-23(44)10-21)51-34(60)18-57-32(38(49)50)14-29(53-57)37(47)48)59(41(26)61)31-8-7-27(42)35-36(31)58(17-33(45)46)54-39(35)55-65(62,63)25-4-5-25/h3,6-10,12-14,19-20,25,30,33,37-38H,4-5,11,15-18H2,1-2H3,(H,51,60)(H,54,55)/t19-,20+,30-/m0/s1. The van der Waals surface area contributed by atoms with Crippen LogP contribution in [0.3, 0.4) is 0 Å². The van der Waals surface area contributed by atoms with E-state index >= 15 is 4.79 Å². The zero-order chi connectivity index (χ0) is 46.6. The van der Waals surface area contributed by atoms with Crippen LogP contribution in [0.2, 0.25) is 5.02 Å². The van der Waals surface area contributed by atoms with Crippen LogP contribution in [-0.4, -0.2) is 80.4 Å². The molecule has 0 unspecified atom stereocenters. The van der Waals surface area contributed by atoms with Gasteiger partial charge in [0.05, 0.1) is 56.0 Å². The predicted molar refractivity (Wildman–Crippen MR) is 223 cm³/mol. The highest BCUT2D eigenvalue weighted by atomic mass is 35.5. The maximum absolute atomic E-state index is 15.1. The molecule has 1 saturated carbocycles. The number of sulfonamides is 1. The average Bonchev–Trinajstić information content (AvgIpc) is 3.91. The molecule has 2 fully saturated rings. The summed E-state index contributed by atoms with van der Waals surface area (Å²) in [7, 11) is -4.08. The summed E-state index contributed by atoms with van der Waals surface area (Å²) in [5.74, 6) is -4.08. The van der Waals surface area contributed by atoms with Crippen LogP contribution in [0.15, 0.2) is 59.4 Å². The monoisotopic (exact) mass is 955 g/mol. The number of amides is 1. The summed E-state index contributed by atoms with van der Waals surface area (Å²) >= 11 is 6.65. The normalized spacial score (nSPS) is 17.5. The van der Waals surface area contributed by atoms with Crippen LogP contribution in [0, 0.1) is 11.6 Å². The van der Waals surface area contributed by atoms with Gasteiger partial charge in [0, 0.05) is 31.3 Å². The van der Waals surface area contributed by atoms with Crippen LogP contribution in [0.25, 0.3) is 27.5 Å². The molecule has 2 aliphatic rings. The van der Waals surface area contributed by atoms with Crippen LogP contribution >= 0.6 is 11.6 Å². The zero-order valence-corrected chi connectivity index (χ0v) is 35.7. The van der Waals surface area contributed by atoms with Gasteiger partial charge in [0.2, 0.25) is 15.9 Å². The molecule has 65 heavy (non-hydrogen) atoms. The van der Waals surface area contributed by atoms with Crippen molar-refractivity contribution in [3.05, 3.63) is 104 Å². The molecule has 3 aromatic carbocycles. The molecule has 24 heteroatoms. The van der Waals surface area contributed by atoms with Gasteiger partial charge in [-0.15, -0.1) is 0 Å². The number of rotatable bonds is 15. The molecule has 8 rings (SSSR count). The van der Waals surface area contributed by atoms with Gasteiger partial charge < -0.3 is 15.0 Å². The Morgan fingerprint density at radius 2 is 1.60 bits per heavy atom. The fraction of sp³-hybridized carbons (Fsp3) is 0.390. The molecule has 1 amide bonds. The van der Waals surface area contributed by atoms with Gasteiger partial charge in [0.25, 0.3) is 24.8 Å². The van der Waals surface area contributed by atoms with Gasteiger partial charge in [-0.05, 0) is 80.8 Å². The summed E-state index contributed by atoms with van der Waals surface area (Å²) in [6.45, 7) is 2.39. The first-order valence-electron chi connectivity index (χ1n) is 20.1. The minimum atomic E-state index is -4.08. The number of morpholine rings is 1. The van der Waals surface area contributed by atoms with Crippen molar-refractivity contribution in [1.82, 2.24) is 34.4 Å². The Bertz CT molecular complexity index is 2950. The van der Waals surface area contributed by atoms with Gasteiger partial charge in [-0.2, -0.15) is 10.2 Å². The van der Waals surface area contributed by atoms with Crippen molar-refractivity contribution >= 4 is 60.8 Å². The molecule has 4 heterocycles. The number of carbonyl (C=O) groups excluding carboxylic acids is 1. The summed E-state index contributed by atoms with van der Waals surface area (Å²) in [6.07, 6.45) is -10.0. The summed E-state index contributed by atoms with van der Waals surface area (Å²) in [6, 6.07) is 8.34. The summed E-state index contributed by atoms with van der Waals surface area (Å²) in [4.78, 5) is 35.9. The van der Waals surface area contributed by atoms with Crippen LogP contribution in [0.1, 0.15) is 68.4 Å². The number of fused-ring (bicyclic) bond motifs is 2. The third-order valence-electron chi connectivity index (χ3n) is 10.8. The number of hydrogen-bond donors (Lipinski definition) is 2. The highest BCUT2D eigenvalue weighted by molar-refractivity contribution is 7.93. The van der Waals surface area contributed by atoms with Gasteiger partial charge in [-0.3, -0.25) is 28.2 Å². The SMILES string of the molecule is C[C@@H]1CN(c2ccc3c(=O)n(-c4ccc(Cl)c5c(NS(=O)(=O)C6CC6)nn(CC(F)F)c45)c([C@H](Cc4cc(F)cc(F)c4)NC(=O)Cn4nc(C(F)F)cc4C(F)F)nc3c2)C[C@H](C)O1. The van der Waals surface area contributed by atoms with E-state index in [1.165, 1.54) is 18.2 Å². The average molecular weight is 956 g/mol. The molecule has 1 aliphatic heterocycles. The highest BCUT2D eigenvalue weighted by Gasteiger charge is 2.37. The number of alkyl halides is 6. The van der Waals surface area contributed by atoms with E-state index in [0.29, 0.717) is 48.4 Å². The Morgan fingerprint density at radius 1 is 0.908 bits per heavy atom. The minimum Gasteiger partial charge on any atom is -0.372 e. The molecule has 3 atom stereocenters. The van der Waals surface area contributed by atoms with Crippen molar-refractivity contribution in [2.24, 2.45) is 0 Å². The number of nitrogens with zero attached hydrogens (tertiary/aromatic N) is 7. The number of hydrogen-bond acceptors (Lipinski definition) is 9. The quantitative estimate of drug-likeness (QED) is 0.0989. The molecule has 346 valence electrons. The molecule has 0 bridgehead atoms. The smallest absolute Gasteiger partial charge is 0.282 e. The van der Waals surface area contributed by atoms with E-state index < -0.39 is 106 Å². The lowest BCUT2D eigenvalue weighted by atomic mass is 10.0. The molecule has 3 aromatic heterocycles. The van der Waals surface area contributed by atoms with Gasteiger partial charge >= 0.3 is 0 Å². The lowest BCUT2D eigenvalue weighted by Crippen LogP contribution is -2.45. The second-order valence-corrected chi connectivity index (χ2v) is 18.3. The third-order valence-corrected chi connectivity index (χ3v) is 13.0. The lowest BCUT2D eigenvalue weighted by Gasteiger charge is -2.37. The Balaban J connectivity index is 1.37. The third kappa shape index (κ3) is 9.62. The van der Waals surface area contributed by atoms with Crippen molar-refractivity contribution in [1.29, 1.82) is 0 Å². The Labute approximate surface area is 369 Å². The van der Waals surface area contributed by atoms with Crippen LogP contribution < -0.4 is 20.5 Å². The molecular formula is C41H38ClF8N9O5S. The molecular weight excluding hydrogens is 918 g/mol. The highest BCUT2D eigenvalue weighted by Crippen LogP contribution is 2.39. The molecule has 1 aliphatic carbocycles. The van der Waals surface area contributed by atoms with Gasteiger partial charge in [0.15, 0.2) is 5.82 Å². The first-order chi connectivity index (χ1) is 30.8. The fourth-order valence-electron chi connectivity index (χ4n) is 8.03. The maximum Gasteiger partial charge on any atom is 0.282 e. The maximum atomic E-state index is 15.1. The predicted octanol–water partition coefficient (Wildman–Crippen LogP) is 7.62. The van der Waals surface area contributed by atoms with Crippen LogP contribution in [0.5, 0.6) is 0 Å². The number of benzene rings is 3. The van der Waals surface area contributed by atoms with Crippen molar-refractivity contribution in [2.45, 2.75) is 89.0 Å². The number of aromatic nitrogens is 6. The number of ether oxygens (including phenoxy) is 1. The molecule has 1 saturated heterocycles. The Hall–Kier alpha value is -5.81. The van der Waals surface area contributed by atoms with E-state index in [-0.39, 0.29) is 50.3 Å². The summed E-state index contributed by atoms with van der Waals surface area (Å²) in [5.41, 5.74) is -3.01. The molecule has 6 aromatic rings. The summed E-state index contributed by atoms with van der Waals surface area (Å²) in [5, 5.41) is 8.97. The van der Waals surface area contributed by atoms with Crippen LogP contribution in [0.4, 0.5) is 46.6 Å². The van der Waals surface area contributed by atoms with Crippen molar-refractivity contribution in [3.63, 3.8) is 0 Å². The molecule has 0 radical (unpaired) electrons. The number of anilines is 2. The van der Waals surface area contributed by atoms with E-state index in [0.717, 1.165) is 21.4 Å². The van der Waals surface area contributed by atoms with Crippen molar-refractivity contribution in [3.8, 4) is 5.69 Å². The lowest BCUT2D eigenvalue weighted by molar-refractivity contribution is -0.122. The first kappa shape index (κ1) is 45.7. The van der Waals surface area contributed by atoms with Gasteiger partial charge in [0.1, 0.15) is 41.9 Å². The topological polar surface area (TPSA) is 158 Å². The van der Waals surface area contributed by atoms with Crippen LogP contribution in [-0.2, 0) is 39.1 Å². The van der Waals surface area contributed by atoms with Crippen molar-refractivity contribution in [2.75, 3.05) is 22.7 Å². The van der Waals surface area contributed by atoms with Crippen molar-refractivity contribution < 1.29 is 53.1 Å². The van der Waals surface area contributed by atoms with E-state index in [2.05, 4.69) is 20.2 Å².